The fraction of sp³-hybridized carbons (Fsp3) is 0.263. The lowest BCUT2D eigenvalue weighted by Crippen LogP contribution is -2.32. The highest BCUT2D eigenvalue weighted by Crippen LogP contribution is 2.39. The molecule has 136 valence electrons. The number of rotatable bonds is 7. The molecule has 1 amide bonds. The van der Waals surface area contributed by atoms with Gasteiger partial charge in [-0.3, -0.25) is 9.59 Å². The van der Waals surface area contributed by atoms with Gasteiger partial charge in [-0.25, -0.2) is 0 Å². The molecule has 0 saturated carbocycles. The summed E-state index contributed by atoms with van der Waals surface area (Å²) in [6.45, 7) is 0.825. The van der Waals surface area contributed by atoms with Gasteiger partial charge in [-0.05, 0) is 36.2 Å². The highest BCUT2D eigenvalue weighted by molar-refractivity contribution is 9.10. The van der Waals surface area contributed by atoms with Crippen LogP contribution in [0.4, 0.5) is 0 Å². The second-order valence-corrected chi connectivity index (χ2v) is 6.78. The summed E-state index contributed by atoms with van der Waals surface area (Å²) in [4.78, 5) is 27.0. The van der Waals surface area contributed by atoms with Crippen molar-refractivity contribution >= 4 is 27.6 Å². The van der Waals surface area contributed by atoms with Crippen molar-refractivity contribution in [1.82, 2.24) is 4.90 Å². The molecule has 0 radical (unpaired) electrons. The van der Waals surface area contributed by atoms with Crippen molar-refractivity contribution in [3.05, 3.63) is 69.8 Å². The van der Waals surface area contributed by atoms with Crippen LogP contribution in [0.3, 0.4) is 0 Å². The van der Waals surface area contributed by atoms with Gasteiger partial charge in [0.1, 0.15) is 0 Å². The van der Waals surface area contributed by atoms with E-state index in [1.807, 2.05) is 24.3 Å². The van der Waals surface area contributed by atoms with Crippen LogP contribution in [0.1, 0.15) is 28.6 Å². The molecule has 2 aromatic rings. The van der Waals surface area contributed by atoms with Crippen LogP contribution in [0.15, 0.2) is 62.9 Å². The summed E-state index contributed by atoms with van der Waals surface area (Å²) in [6, 6.07) is 9.73. The number of furan rings is 1. The van der Waals surface area contributed by atoms with Crippen LogP contribution in [0, 0.1) is 0 Å². The number of ketones is 1. The number of aliphatic hydroxyl groups is 1. The molecule has 26 heavy (non-hydrogen) atoms. The van der Waals surface area contributed by atoms with E-state index in [1.165, 1.54) is 17.2 Å². The Bertz CT molecular complexity index is 826. The maximum Gasteiger partial charge on any atom is 0.290 e. The number of aliphatic hydroxyl groups excluding tert-OH is 1. The van der Waals surface area contributed by atoms with E-state index < -0.39 is 23.5 Å². The lowest BCUT2D eigenvalue weighted by molar-refractivity contribution is -0.129. The number of amides is 1. The van der Waals surface area contributed by atoms with E-state index in [0.717, 1.165) is 10.0 Å². The molecule has 1 N–H and O–H groups in total. The number of carbonyl (C=O) groups is 2. The number of nitrogens with zero attached hydrogens (tertiary/aromatic N) is 1. The molecule has 1 aromatic heterocycles. The van der Waals surface area contributed by atoms with Gasteiger partial charge >= 0.3 is 0 Å². The number of benzene rings is 1. The molecule has 1 aliphatic rings. The quantitative estimate of drug-likeness (QED) is 0.547. The minimum absolute atomic E-state index is 0.0321. The summed E-state index contributed by atoms with van der Waals surface area (Å²) in [5.41, 5.74) is 0.766. The Morgan fingerprint density at radius 3 is 2.65 bits per heavy atom. The van der Waals surface area contributed by atoms with Gasteiger partial charge in [-0.1, -0.05) is 28.1 Å². The van der Waals surface area contributed by atoms with Gasteiger partial charge in [0, 0.05) is 24.7 Å². The van der Waals surface area contributed by atoms with Crippen molar-refractivity contribution in [2.24, 2.45) is 0 Å². The SMILES string of the molecule is COCCCN1C(=O)C(O)=C(C(=O)c2ccco2)[C@@H]1c1ccc(Br)cc1. The maximum absolute atomic E-state index is 12.9. The van der Waals surface area contributed by atoms with Crippen molar-refractivity contribution < 1.29 is 23.8 Å². The predicted octanol–water partition coefficient (Wildman–Crippen LogP) is 3.66. The normalized spacial score (nSPS) is 17.2. The van der Waals surface area contributed by atoms with Crippen LogP contribution in [-0.4, -0.2) is 42.0 Å². The molecule has 0 spiro atoms. The minimum atomic E-state index is -0.676. The van der Waals surface area contributed by atoms with E-state index >= 15 is 0 Å². The molecular formula is C19H18BrNO5. The Morgan fingerprint density at radius 2 is 2.04 bits per heavy atom. The van der Waals surface area contributed by atoms with Gasteiger partial charge in [-0.2, -0.15) is 0 Å². The summed E-state index contributed by atoms with van der Waals surface area (Å²) in [7, 11) is 1.58. The van der Waals surface area contributed by atoms with Gasteiger partial charge in [0.2, 0.25) is 5.78 Å². The second-order valence-electron chi connectivity index (χ2n) is 5.87. The summed E-state index contributed by atoms with van der Waals surface area (Å²) in [6.07, 6.45) is 1.97. The van der Waals surface area contributed by atoms with Crippen LogP contribution in [0.5, 0.6) is 0 Å². The molecule has 0 bridgehead atoms. The van der Waals surface area contributed by atoms with E-state index in [9.17, 15) is 14.7 Å². The largest absolute Gasteiger partial charge is 0.503 e. The monoisotopic (exact) mass is 419 g/mol. The molecular weight excluding hydrogens is 402 g/mol. The maximum atomic E-state index is 12.9. The van der Waals surface area contributed by atoms with Crippen LogP contribution in [-0.2, 0) is 9.53 Å². The topological polar surface area (TPSA) is 80.0 Å². The number of methoxy groups -OCH3 is 1. The van der Waals surface area contributed by atoms with Crippen molar-refractivity contribution in [2.75, 3.05) is 20.3 Å². The Hall–Kier alpha value is -2.38. The zero-order chi connectivity index (χ0) is 18.7. The highest BCUT2D eigenvalue weighted by atomic mass is 79.9. The second kappa shape index (κ2) is 7.88. The van der Waals surface area contributed by atoms with E-state index in [4.69, 9.17) is 9.15 Å². The van der Waals surface area contributed by atoms with E-state index in [-0.39, 0.29) is 11.3 Å². The average molecular weight is 420 g/mol. The molecule has 2 heterocycles. The van der Waals surface area contributed by atoms with E-state index in [0.29, 0.717) is 19.6 Å². The third-order valence-corrected chi connectivity index (χ3v) is 4.76. The molecule has 0 saturated heterocycles. The Balaban J connectivity index is 2.02. The van der Waals surface area contributed by atoms with Gasteiger partial charge in [0.25, 0.3) is 5.91 Å². The first-order valence-electron chi connectivity index (χ1n) is 8.11. The first kappa shape index (κ1) is 18.4. The minimum Gasteiger partial charge on any atom is -0.503 e. The fourth-order valence-corrected chi connectivity index (χ4v) is 3.29. The zero-order valence-corrected chi connectivity index (χ0v) is 15.7. The Labute approximate surface area is 159 Å². The number of carbonyl (C=O) groups excluding carboxylic acids is 2. The summed E-state index contributed by atoms with van der Waals surface area (Å²) in [5, 5.41) is 10.4. The van der Waals surface area contributed by atoms with Crippen LogP contribution in [0.25, 0.3) is 0 Å². The third-order valence-electron chi connectivity index (χ3n) is 4.23. The Kier molecular flexibility index (Phi) is 5.58. The highest BCUT2D eigenvalue weighted by Gasteiger charge is 2.44. The van der Waals surface area contributed by atoms with Gasteiger partial charge < -0.3 is 19.2 Å². The number of ether oxygens (including phenoxy) is 1. The summed E-state index contributed by atoms with van der Waals surface area (Å²) < 4.78 is 11.1. The van der Waals surface area contributed by atoms with Gasteiger partial charge in [0.05, 0.1) is 17.9 Å². The molecule has 0 unspecified atom stereocenters. The van der Waals surface area contributed by atoms with Crippen molar-refractivity contribution in [3.63, 3.8) is 0 Å². The number of halogens is 1. The predicted molar refractivity (Wildman–Crippen MR) is 97.8 cm³/mol. The van der Waals surface area contributed by atoms with Crippen molar-refractivity contribution in [3.8, 4) is 0 Å². The van der Waals surface area contributed by atoms with Crippen LogP contribution >= 0.6 is 15.9 Å². The van der Waals surface area contributed by atoms with Crippen molar-refractivity contribution in [1.29, 1.82) is 0 Å². The van der Waals surface area contributed by atoms with Gasteiger partial charge in [-0.15, -0.1) is 0 Å². The van der Waals surface area contributed by atoms with E-state index in [2.05, 4.69) is 15.9 Å². The lowest BCUT2D eigenvalue weighted by atomic mass is 9.95. The molecule has 7 heteroatoms. The summed E-state index contributed by atoms with van der Waals surface area (Å²) >= 11 is 3.38. The first-order valence-corrected chi connectivity index (χ1v) is 8.90. The standard InChI is InChI=1S/C19H18BrNO5/c1-25-10-3-9-21-16(12-5-7-13(20)8-6-12)15(18(23)19(21)24)17(22)14-4-2-11-26-14/h2,4-8,11,16,23H,3,9-10H2,1H3/t16-/m0/s1. The van der Waals surface area contributed by atoms with Crippen molar-refractivity contribution in [2.45, 2.75) is 12.5 Å². The average Bonchev–Trinajstić information content (AvgIpc) is 3.25. The molecule has 1 aromatic carbocycles. The third kappa shape index (κ3) is 3.45. The van der Waals surface area contributed by atoms with E-state index in [1.54, 1.807) is 13.2 Å². The molecule has 6 nitrogen and oxygen atoms in total. The lowest BCUT2D eigenvalue weighted by Gasteiger charge is -2.26. The first-order chi connectivity index (χ1) is 12.5. The molecule has 1 aliphatic heterocycles. The fourth-order valence-electron chi connectivity index (χ4n) is 3.03. The molecule has 0 fully saturated rings. The molecule has 0 aliphatic carbocycles. The summed E-state index contributed by atoms with van der Waals surface area (Å²) in [5.74, 6) is -1.51. The van der Waals surface area contributed by atoms with Crippen LogP contribution in [0.2, 0.25) is 0 Å². The number of Topliss-reactive ketones (excluding diaryl/α,β-unsaturated/α-hetero) is 1. The number of hydrogen-bond acceptors (Lipinski definition) is 5. The smallest absolute Gasteiger partial charge is 0.290 e. The van der Waals surface area contributed by atoms with Crippen LogP contribution < -0.4 is 0 Å². The Morgan fingerprint density at radius 1 is 1.31 bits per heavy atom. The zero-order valence-electron chi connectivity index (χ0n) is 14.1. The molecule has 3 rings (SSSR count). The number of hydrogen-bond donors (Lipinski definition) is 1. The molecule has 1 atom stereocenters. The van der Waals surface area contributed by atoms with Gasteiger partial charge in [0.15, 0.2) is 11.5 Å².